The number of nitrogens with two attached hydrogens (primary N) is 1. The first kappa shape index (κ1) is 13.4. The Bertz CT molecular complexity index is 201. The molecule has 0 rings (SSSR count). The third-order valence-corrected chi connectivity index (χ3v) is 2.35. The van der Waals surface area contributed by atoms with Crippen LogP contribution < -0.4 is 5.73 Å². The topological polar surface area (TPSA) is 26.0 Å². The Morgan fingerprint density at radius 2 is 2.07 bits per heavy atom. The lowest BCUT2D eigenvalue weighted by molar-refractivity contribution is 0.376. The monoisotopic (exact) mass is 195 g/mol. The summed E-state index contributed by atoms with van der Waals surface area (Å²) in [6.45, 7) is 12.5. The molecule has 1 nitrogen and oxygen atoms in total. The van der Waals surface area contributed by atoms with Crippen molar-refractivity contribution in [2.24, 2.45) is 11.1 Å². The van der Waals surface area contributed by atoms with Gasteiger partial charge in [0.2, 0.25) is 0 Å². The fourth-order valence-corrected chi connectivity index (χ4v) is 1.73. The van der Waals surface area contributed by atoms with Crippen LogP contribution in [0.4, 0.5) is 0 Å². The van der Waals surface area contributed by atoms with Crippen LogP contribution in [-0.4, -0.2) is 6.04 Å². The molecule has 0 aromatic carbocycles. The summed E-state index contributed by atoms with van der Waals surface area (Å²) in [5.41, 5.74) is 7.52. The molecule has 0 bridgehead atoms. The minimum atomic E-state index is 0.225. The van der Waals surface area contributed by atoms with E-state index in [2.05, 4.69) is 46.4 Å². The average Bonchev–Trinajstić information content (AvgIpc) is 1.99. The molecule has 0 aromatic heterocycles. The predicted molar refractivity (Wildman–Crippen MR) is 65.2 cm³/mol. The second-order valence-electron chi connectivity index (χ2n) is 4.95. The molecule has 0 radical (unpaired) electrons. The lowest BCUT2D eigenvalue weighted by atomic mass is 9.84. The molecule has 0 aliphatic rings. The third kappa shape index (κ3) is 6.90. The molecular weight excluding hydrogens is 170 g/mol. The predicted octanol–water partition coefficient (Wildman–Crippen LogP) is 3.66. The second-order valence-corrected chi connectivity index (χ2v) is 4.95. The van der Waals surface area contributed by atoms with E-state index < -0.39 is 0 Å². The van der Waals surface area contributed by atoms with Gasteiger partial charge in [0.25, 0.3) is 0 Å². The van der Waals surface area contributed by atoms with Gasteiger partial charge >= 0.3 is 0 Å². The van der Waals surface area contributed by atoms with Crippen molar-refractivity contribution >= 4 is 0 Å². The van der Waals surface area contributed by atoms with Crippen molar-refractivity contribution in [1.82, 2.24) is 0 Å². The summed E-state index contributed by atoms with van der Waals surface area (Å²) < 4.78 is 0. The normalized spacial score (nSPS) is 14.6. The van der Waals surface area contributed by atoms with Gasteiger partial charge in [0.1, 0.15) is 0 Å². The Morgan fingerprint density at radius 1 is 1.50 bits per heavy atom. The van der Waals surface area contributed by atoms with E-state index in [1.807, 2.05) is 0 Å². The molecule has 82 valence electrons. The first-order chi connectivity index (χ1) is 6.37. The van der Waals surface area contributed by atoms with Crippen LogP contribution in [0.25, 0.3) is 0 Å². The van der Waals surface area contributed by atoms with E-state index >= 15 is 0 Å². The van der Waals surface area contributed by atoms with Crippen molar-refractivity contribution in [1.29, 1.82) is 0 Å². The molecule has 0 amide bonds. The number of hydrogen-bond donors (Lipinski definition) is 1. The van der Waals surface area contributed by atoms with Gasteiger partial charge in [0.05, 0.1) is 0 Å². The highest BCUT2D eigenvalue weighted by Gasteiger charge is 2.17. The van der Waals surface area contributed by atoms with Gasteiger partial charge in [0.15, 0.2) is 0 Å². The van der Waals surface area contributed by atoms with Crippen molar-refractivity contribution in [3.05, 3.63) is 24.3 Å². The van der Waals surface area contributed by atoms with Crippen molar-refractivity contribution < 1.29 is 0 Å². The molecule has 0 aliphatic heterocycles. The summed E-state index contributed by atoms with van der Waals surface area (Å²) >= 11 is 0. The van der Waals surface area contributed by atoms with Crippen molar-refractivity contribution in [2.75, 3.05) is 0 Å². The lowest BCUT2D eigenvalue weighted by Gasteiger charge is -2.24. The zero-order valence-electron chi connectivity index (χ0n) is 10.1. The average molecular weight is 195 g/mol. The van der Waals surface area contributed by atoms with Crippen LogP contribution in [0.3, 0.4) is 0 Å². The highest BCUT2D eigenvalue weighted by molar-refractivity contribution is 4.96. The Balaban J connectivity index is 3.92. The van der Waals surface area contributed by atoms with Crippen LogP contribution >= 0.6 is 0 Å². The van der Waals surface area contributed by atoms with E-state index in [0.29, 0.717) is 0 Å². The smallest absolute Gasteiger partial charge is 0.00499 e. The zero-order valence-corrected chi connectivity index (χ0v) is 10.1. The van der Waals surface area contributed by atoms with Gasteiger partial charge in [-0.25, -0.2) is 0 Å². The lowest BCUT2D eigenvalue weighted by Crippen LogP contribution is -2.26. The van der Waals surface area contributed by atoms with E-state index in [-0.39, 0.29) is 11.5 Å². The Kier molecular flexibility index (Phi) is 5.78. The van der Waals surface area contributed by atoms with Crippen LogP contribution in [0.15, 0.2) is 24.3 Å². The zero-order chi connectivity index (χ0) is 11.2. The maximum atomic E-state index is 6.06. The largest absolute Gasteiger partial charge is 0.328 e. The molecule has 0 spiro atoms. The Morgan fingerprint density at radius 3 is 2.50 bits per heavy atom. The SMILES string of the molecule is C=C(C)CCC(N)CC(C)(C)C=CC. The van der Waals surface area contributed by atoms with Crippen LogP contribution in [0.5, 0.6) is 0 Å². The van der Waals surface area contributed by atoms with E-state index in [4.69, 9.17) is 5.73 Å². The standard InChI is InChI=1S/C13H25N/c1-6-9-13(4,5)10-12(14)8-7-11(2)3/h6,9,12H,2,7-8,10,14H2,1,3-5H3. The minimum absolute atomic E-state index is 0.225. The van der Waals surface area contributed by atoms with E-state index in [1.54, 1.807) is 0 Å². The molecular formula is C13H25N. The maximum absolute atomic E-state index is 6.06. The van der Waals surface area contributed by atoms with Crippen molar-refractivity contribution in [3.8, 4) is 0 Å². The van der Waals surface area contributed by atoms with Gasteiger partial charge in [-0.3, -0.25) is 0 Å². The number of rotatable bonds is 6. The van der Waals surface area contributed by atoms with Crippen molar-refractivity contribution in [2.45, 2.75) is 53.0 Å². The summed E-state index contributed by atoms with van der Waals surface area (Å²) in [6, 6.07) is 0.290. The summed E-state index contributed by atoms with van der Waals surface area (Å²) in [6.07, 6.45) is 7.48. The van der Waals surface area contributed by atoms with Gasteiger partial charge in [-0.2, -0.15) is 0 Å². The van der Waals surface area contributed by atoms with Gasteiger partial charge in [-0.05, 0) is 38.5 Å². The molecule has 0 aliphatic carbocycles. The highest BCUT2D eigenvalue weighted by Crippen LogP contribution is 2.25. The number of hydrogen-bond acceptors (Lipinski definition) is 1. The van der Waals surface area contributed by atoms with Crippen LogP contribution in [0, 0.1) is 5.41 Å². The summed E-state index contributed by atoms with van der Waals surface area (Å²) in [5, 5.41) is 0. The quantitative estimate of drug-likeness (QED) is 0.643. The van der Waals surface area contributed by atoms with Gasteiger partial charge in [-0.1, -0.05) is 31.6 Å². The molecule has 0 saturated heterocycles. The van der Waals surface area contributed by atoms with Crippen LogP contribution in [-0.2, 0) is 0 Å². The fourth-order valence-electron chi connectivity index (χ4n) is 1.73. The maximum Gasteiger partial charge on any atom is 0.00499 e. The molecule has 0 aromatic rings. The van der Waals surface area contributed by atoms with E-state index in [0.717, 1.165) is 19.3 Å². The molecule has 0 heterocycles. The van der Waals surface area contributed by atoms with Crippen molar-refractivity contribution in [3.63, 3.8) is 0 Å². The first-order valence-electron chi connectivity index (χ1n) is 5.41. The van der Waals surface area contributed by atoms with Crippen LogP contribution in [0.2, 0.25) is 0 Å². The minimum Gasteiger partial charge on any atom is -0.328 e. The molecule has 0 fully saturated rings. The molecule has 14 heavy (non-hydrogen) atoms. The highest BCUT2D eigenvalue weighted by atomic mass is 14.6. The van der Waals surface area contributed by atoms with Gasteiger partial charge in [-0.15, -0.1) is 6.58 Å². The molecule has 0 saturated carbocycles. The fraction of sp³-hybridized carbons (Fsp3) is 0.692. The second kappa shape index (κ2) is 6.02. The Hall–Kier alpha value is -0.560. The molecule has 1 unspecified atom stereocenters. The van der Waals surface area contributed by atoms with E-state index in [9.17, 15) is 0 Å². The van der Waals surface area contributed by atoms with Gasteiger partial charge < -0.3 is 5.73 Å². The summed E-state index contributed by atoms with van der Waals surface area (Å²) in [4.78, 5) is 0. The van der Waals surface area contributed by atoms with Gasteiger partial charge in [0, 0.05) is 6.04 Å². The van der Waals surface area contributed by atoms with E-state index in [1.165, 1.54) is 5.57 Å². The molecule has 2 N–H and O–H groups in total. The molecule has 1 heteroatoms. The van der Waals surface area contributed by atoms with Crippen LogP contribution in [0.1, 0.15) is 47.0 Å². The third-order valence-electron chi connectivity index (χ3n) is 2.35. The summed E-state index contributed by atoms with van der Waals surface area (Å²) in [7, 11) is 0. The number of allylic oxidation sites excluding steroid dienone is 3. The Labute approximate surface area is 89.1 Å². The molecule has 1 atom stereocenters. The first-order valence-corrected chi connectivity index (χ1v) is 5.41. The summed E-state index contributed by atoms with van der Waals surface area (Å²) in [5.74, 6) is 0.